The van der Waals surface area contributed by atoms with Crippen LogP contribution in [0.2, 0.25) is 5.02 Å². The number of amides is 4. The highest BCUT2D eigenvalue weighted by Gasteiger charge is 2.40. The summed E-state index contributed by atoms with van der Waals surface area (Å²) in [6.07, 6.45) is 0. The van der Waals surface area contributed by atoms with E-state index in [2.05, 4.69) is 5.32 Å². The number of hydrogen-bond donors (Lipinski definition) is 1. The zero-order valence-electron chi connectivity index (χ0n) is 25.4. The van der Waals surface area contributed by atoms with Gasteiger partial charge >= 0.3 is 11.9 Å². The molecule has 3 aromatic rings. The lowest BCUT2D eigenvalue weighted by Gasteiger charge is -2.30. The molecule has 6 rings (SSSR count). The third-order valence-corrected chi connectivity index (χ3v) is 8.47. The van der Waals surface area contributed by atoms with Crippen LogP contribution >= 0.6 is 11.6 Å². The van der Waals surface area contributed by atoms with Gasteiger partial charge < -0.3 is 14.8 Å². The summed E-state index contributed by atoms with van der Waals surface area (Å²) < 4.78 is 11.2. The fourth-order valence-corrected chi connectivity index (χ4v) is 6.25. The monoisotopic (exact) mass is 653 g/mol. The number of rotatable bonds is 9. The van der Waals surface area contributed by atoms with Gasteiger partial charge in [0, 0.05) is 16.4 Å². The molecule has 3 aliphatic heterocycles. The van der Waals surface area contributed by atoms with Crippen LogP contribution in [0, 0.1) is 0 Å². The molecule has 0 spiro atoms. The number of dihydropyridines is 1. The zero-order chi connectivity index (χ0) is 33.4. The lowest BCUT2D eigenvalue weighted by Crippen LogP contribution is -2.36. The van der Waals surface area contributed by atoms with Crippen LogP contribution in [0.1, 0.15) is 66.8 Å². The van der Waals surface area contributed by atoms with Gasteiger partial charge in [0.1, 0.15) is 13.2 Å². The molecule has 0 saturated heterocycles. The molecule has 1 N–H and O–H groups in total. The van der Waals surface area contributed by atoms with Crippen molar-refractivity contribution in [3.8, 4) is 0 Å². The Labute approximate surface area is 274 Å². The summed E-state index contributed by atoms with van der Waals surface area (Å²) in [7, 11) is 0. The number of carbonyl (C=O) groups excluding carboxylic acids is 6. The molecule has 0 aromatic heterocycles. The van der Waals surface area contributed by atoms with Gasteiger partial charge in [-0.15, -0.1) is 0 Å². The lowest BCUT2D eigenvalue weighted by molar-refractivity contribution is -0.140. The average molecular weight is 654 g/mol. The van der Waals surface area contributed by atoms with Crippen molar-refractivity contribution in [2.24, 2.45) is 0 Å². The molecule has 12 heteroatoms. The van der Waals surface area contributed by atoms with Crippen molar-refractivity contribution in [1.29, 1.82) is 0 Å². The van der Waals surface area contributed by atoms with Crippen LogP contribution in [0.25, 0.3) is 0 Å². The fraction of sp³-hybridized carbons (Fsp3) is 0.200. The van der Waals surface area contributed by atoms with E-state index in [4.69, 9.17) is 21.1 Å². The van der Waals surface area contributed by atoms with Crippen LogP contribution in [0.3, 0.4) is 0 Å². The zero-order valence-corrected chi connectivity index (χ0v) is 26.1. The van der Waals surface area contributed by atoms with Gasteiger partial charge in [-0.2, -0.15) is 0 Å². The largest absolute Gasteiger partial charge is 0.460 e. The molecule has 11 nitrogen and oxygen atoms in total. The minimum absolute atomic E-state index is 0.104. The molecule has 3 aliphatic rings. The summed E-state index contributed by atoms with van der Waals surface area (Å²) in [4.78, 5) is 80.4. The summed E-state index contributed by atoms with van der Waals surface area (Å²) >= 11 is 6.32. The Hall–Kier alpha value is -5.55. The molecule has 3 aromatic carbocycles. The van der Waals surface area contributed by atoms with E-state index in [0.717, 1.165) is 9.80 Å². The maximum atomic E-state index is 13.7. The third-order valence-electron chi connectivity index (χ3n) is 8.23. The number of nitrogens with zero attached hydrogens (tertiary/aromatic N) is 2. The predicted octanol–water partition coefficient (Wildman–Crippen LogP) is 4.25. The van der Waals surface area contributed by atoms with Crippen LogP contribution in [-0.2, 0) is 19.1 Å². The smallest absolute Gasteiger partial charge is 0.336 e. The van der Waals surface area contributed by atoms with Gasteiger partial charge in [-0.3, -0.25) is 29.0 Å². The second kappa shape index (κ2) is 12.7. The van der Waals surface area contributed by atoms with E-state index in [9.17, 15) is 28.8 Å². The minimum Gasteiger partial charge on any atom is -0.460 e. The van der Waals surface area contributed by atoms with Crippen molar-refractivity contribution < 1.29 is 38.2 Å². The van der Waals surface area contributed by atoms with Crippen molar-refractivity contribution in [3.63, 3.8) is 0 Å². The maximum absolute atomic E-state index is 13.7. The normalized spacial score (nSPS) is 16.1. The van der Waals surface area contributed by atoms with Crippen molar-refractivity contribution in [2.45, 2.75) is 19.8 Å². The number of hydrogen-bond acceptors (Lipinski definition) is 9. The lowest BCUT2D eigenvalue weighted by atomic mass is 9.80. The molecule has 0 unspecified atom stereocenters. The molecule has 0 radical (unpaired) electrons. The van der Waals surface area contributed by atoms with Crippen LogP contribution in [0.5, 0.6) is 0 Å². The van der Waals surface area contributed by atoms with E-state index in [-0.39, 0.29) is 59.7 Å². The summed E-state index contributed by atoms with van der Waals surface area (Å²) in [5, 5.41) is 3.43. The molecular weight excluding hydrogens is 626 g/mol. The van der Waals surface area contributed by atoms with E-state index in [1.54, 1.807) is 86.6 Å². The maximum Gasteiger partial charge on any atom is 0.336 e. The Bertz CT molecular complexity index is 1760. The molecule has 4 amide bonds. The van der Waals surface area contributed by atoms with Crippen molar-refractivity contribution in [1.82, 2.24) is 15.1 Å². The van der Waals surface area contributed by atoms with Gasteiger partial charge in [0.15, 0.2) is 0 Å². The van der Waals surface area contributed by atoms with Gasteiger partial charge in [0.2, 0.25) is 0 Å². The number of esters is 2. The Kier molecular flexibility index (Phi) is 8.48. The summed E-state index contributed by atoms with van der Waals surface area (Å²) in [6.45, 7) is 2.42. The van der Waals surface area contributed by atoms with Gasteiger partial charge in [0.05, 0.1) is 52.4 Å². The SMILES string of the molecule is CC1=C(C(=O)OCCN2C(=O)c3ccccc3C2=O)C(c2cccc(Cl)c2)C(C(=O)OCCN2C(=O)c3ccccc3C2=O)=C(C)N1. The number of carbonyl (C=O) groups is 6. The summed E-state index contributed by atoms with van der Waals surface area (Å²) in [5.74, 6) is -4.42. The number of imide groups is 2. The number of allylic oxidation sites excluding steroid dienone is 2. The topological polar surface area (TPSA) is 139 Å². The highest BCUT2D eigenvalue weighted by molar-refractivity contribution is 6.30. The highest BCUT2D eigenvalue weighted by Crippen LogP contribution is 2.40. The van der Waals surface area contributed by atoms with Crippen molar-refractivity contribution >= 4 is 47.2 Å². The average Bonchev–Trinajstić information content (AvgIpc) is 3.44. The second-order valence-corrected chi connectivity index (χ2v) is 11.5. The highest BCUT2D eigenvalue weighted by atomic mass is 35.5. The number of fused-ring (bicyclic) bond motifs is 2. The van der Waals surface area contributed by atoms with E-state index in [1.807, 2.05) is 0 Å². The Balaban J connectivity index is 1.18. The quantitative estimate of drug-likeness (QED) is 0.265. The van der Waals surface area contributed by atoms with Gasteiger partial charge in [-0.25, -0.2) is 9.59 Å². The van der Waals surface area contributed by atoms with E-state index in [1.165, 1.54) is 0 Å². The van der Waals surface area contributed by atoms with Crippen LogP contribution in [-0.4, -0.2) is 71.7 Å². The van der Waals surface area contributed by atoms with Crippen LogP contribution in [0.15, 0.2) is 95.3 Å². The predicted molar refractivity (Wildman–Crippen MR) is 168 cm³/mol. The molecule has 0 fully saturated rings. The summed E-state index contributed by atoms with van der Waals surface area (Å²) in [5.41, 5.74) is 2.69. The molecule has 47 heavy (non-hydrogen) atoms. The number of nitrogens with one attached hydrogen (secondary N) is 1. The number of ether oxygens (including phenoxy) is 2. The van der Waals surface area contributed by atoms with Gasteiger partial charge in [0.25, 0.3) is 23.6 Å². The molecule has 0 bridgehead atoms. The fourth-order valence-electron chi connectivity index (χ4n) is 6.05. The minimum atomic E-state index is -0.964. The Morgan fingerprint density at radius 3 is 1.45 bits per heavy atom. The third kappa shape index (κ3) is 5.70. The Morgan fingerprint density at radius 2 is 1.06 bits per heavy atom. The standard InChI is InChI=1S/C35H28ClN3O8/c1-19-27(34(44)46-16-14-38-30(40)23-10-3-4-11-24(23)31(38)41)29(21-8-7-9-22(36)18-21)28(20(2)37-19)35(45)47-17-15-39-32(42)25-12-5-6-13-26(25)33(39)43/h3-13,18,29,37H,14-17H2,1-2H3. The van der Waals surface area contributed by atoms with Crippen molar-refractivity contribution in [3.05, 3.63) is 128 Å². The molecular formula is C35H28ClN3O8. The van der Waals surface area contributed by atoms with E-state index >= 15 is 0 Å². The second-order valence-electron chi connectivity index (χ2n) is 11.1. The van der Waals surface area contributed by atoms with Gasteiger partial charge in [-0.05, 0) is 55.8 Å². The van der Waals surface area contributed by atoms with Gasteiger partial charge in [-0.1, -0.05) is 48.0 Å². The first-order valence-corrected chi connectivity index (χ1v) is 15.1. The number of halogens is 1. The molecule has 3 heterocycles. The van der Waals surface area contributed by atoms with Crippen LogP contribution in [0.4, 0.5) is 0 Å². The first kappa shape index (κ1) is 31.4. The molecule has 0 saturated carbocycles. The molecule has 0 aliphatic carbocycles. The first-order valence-electron chi connectivity index (χ1n) is 14.8. The van der Waals surface area contributed by atoms with E-state index < -0.39 is 41.5 Å². The van der Waals surface area contributed by atoms with Crippen LogP contribution < -0.4 is 5.32 Å². The molecule has 0 atom stereocenters. The molecule has 238 valence electrons. The number of benzene rings is 3. The Morgan fingerprint density at radius 1 is 0.660 bits per heavy atom. The summed E-state index contributed by atoms with van der Waals surface area (Å²) in [6, 6.07) is 19.6. The van der Waals surface area contributed by atoms with E-state index in [0.29, 0.717) is 22.0 Å². The van der Waals surface area contributed by atoms with Crippen molar-refractivity contribution in [2.75, 3.05) is 26.3 Å². The first-order chi connectivity index (χ1) is 22.6.